The molecule has 1 aromatic rings. The minimum absolute atomic E-state index is 0.00877. The molecule has 0 bridgehead atoms. The molecule has 7 heteroatoms. The molecule has 0 radical (unpaired) electrons. The van der Waals surface area contributed by atoms with Gasteiger partial charge in [0.25, 0.3) is 0 Å². The van der Waals surface area contributed by atoms with Gasteiger partial charge in [0.2, 0.25) is 0 Å². The number of rotatable bonds is 5. The second-order valence-corrected chi connectivity index (χ2v) is 3.20. The van der Waals surface area contributed by atoms with Crippen molar-refractivity contribution < 1.29 is 22.7 Å². The third-order valence-corrected chi connectivity index (χ3v) is 1.93. The number of hydrogen-bond donors (Lipinski definition) is 2. The van der Waals surface area contributed by atoms with Crippen LogP contribution in [0, 0.1) is 17.5 Å². The van der Waals surface area contributed by atoms with Crippen LogP contribution in [0.5, 0.6) is 0 Å². The second kappa shape index (κ2) is 6.09. The van der Waals surface area contributed by atoms with Crippen LogP contribution < -0.4 is 11.1 Å². The summed E-state index contributed by atoms with van der Waals surface area (Å²) < 4.78 is 42.9. The van der Waals surface area contributed by atoms with Gasteiger partial charge in [0, 0.05) is 24.7 Å². The van der Waals surface area contributed by atoms with E-state index in [0.29, 0.717) is 6.07 Å². The van der Waals surface area contributed by atoms with E-state index in [2.05, 4.69) is 10.1 Å². The number of ether oxygens (including phenoxy) is 1. The fourth-order valence-electron chi connectivity index (χ4n) is 1.15. The van der Waals surface area contributed by atoms with E-state index in [9.17, 15) is 18.0 Å². The summed E-state index contributed by atoms with van der Waals surface area (Å²) in [5.41, 5.74) is 4.70. The van der Waals surface area contributed by atoms with Crippen LogP contribution in [0.2, 0.25) is 0 Å². The molecule has 1 amide bonds. The van der Waals surface area contributed by atoms with E-state index < -0.39 is 23.5 Å². The van der Waals surface area contributed by atoms with Crippen molar-refractivity contribution in [3.05, 3.63) is 35.1 Å². The maximum absolute atomic E-state index is 13.1. The normalized spacial score (nSPS) is 10.3. The Morgan fingerprint density at radius 3 is 2.53 bits per heavy atom. The molecule has 3 N–H and O–H groups in total. The zero-order valence-corrected chi connectivity index (χ0v) is 8.80. The molecule has 0 saturated carbocycles. The van der Waals surface area contributed by atoms with Gasteiger partial charge in [-0.2, -0.15) is 0 Å². The predicted molar refractivity (Wildman–Crippen MR) is 53.6 cm³/mol. The van der Waals surface area contributed by atoms with Crippen molar-refractivity contribution in [2.24, 2.45) is 5.73 Å². The number of amides is 1. The first-order valence-electron chi connectivity index (χ1n) is 4.77. The topological polar surface area (TPSA) is 64.4 Å². The Morgan fingerprint density at radius 1 is 1.24 bits per heavy atom. The molecule has 0 aliphatic rings. The Bertz CT molecular complexity index is 413. The number of hydrogen-bond acceptors (Lipinski definition) is 3. The van der Waals surface area contributed by atoms with Gasteiger partial charge < -0.3 is 15.8 Å². The van der Waals surface area contributed by atoms with Crippen molar-refractivity contribution in [3.63, 3.8) is 0 Å². The smallest absolute Gasteiger partial charge is 0.404 e. The van der Waals surface area contributed by atoms with Crippen LogP contribution >= 0.6 is 0 Å². The van der Waals surface area contributed by atoms with Gasteiger partial charge in [-0.1, -0.05) is 0 Å². The maximum Gasteiger partial charge on any atom is 0.404 e. The van der Waals surface area contributed by atoms with Crippen molar-refractivity contribution in [1.82, 2.24) is 5.32 Å². The minimum atomic E-state index is -1.23. The highest BCUT2D eigenvalue weighted by molar-refractivity contribution is 5.64. The Morgan fingerprint density at radius 2 is 1.88 bits per heavy atom. The van der Waals surface area contributed by atoms with Crippen LogP contribution in [0.25, 0.3) is 0 Å². The van der Waals surface area contributed by atoms with Crippen LogP contribution in [0.15, 0.2) is 12.1 Å². The Labute approximate surface area is 95.6 Å². The first kappa shape index (κ1) is 13.3. The minimum Gasteiger partial charge on any atom is -0.448 e. The van der Waals surface area contributed by atoms with E-state index in [1.807, 2.05) is 0 Å². The molecule has 0 unspecified atom stereocenters. The van der Waals surface area contributed by atoms with Gasteiger partial charge in [-0.05, 0) is 6.07 Å². The van der Waals surface area contributed by atoms with Gasteiger partial charge in [0.1, 0.15) is 12.4 Å². The Hall–Kier alpha value is -1.76. The lowest BCUT2D eigenvalue weighted by molar-refractivity contribution is 0.157. The van der Waals surface area contributed by atoms with E-state index >= 15 is 0 Å². The number of carbonyl (C=O) groups excluding carboxylic acids is 1. The molecular formula is C10H11F3N2O2. The molecule has 0 aromatic heterocycles. The van der Waals surface area contributed by atoms with Crippen molar-refractivity contribution in [2.45, 2.75) is 6.54 Å². The summed E-state index contributed by atoms with van der Waals surface area (Å²) in [7, 11) is 0. The molecule has 0 heterocycles. The van der Waals surface area contributed by atoms with Crippen molar-refractivity contribution in [3.8, 4) is 0 Å². The third-order valence-electron chi connectivity index (χ3n) is 1.93. The van der Waals surface area contributed by atoms with Gasteiger partial charge in [0.05, 0.1) is 0 Å². The SMILES string of the molecule is NC(=O)OCCNCc1cc(F)c(F)cc1F. The van der Waals surface area contributed by atoms with Crippen molar-refractivity contribution in [2.75, 3.05) is 13.2 Å². The molecule has 94 valence electrons. The van der Waals surface area contributed by atoms with Gasteiger partial charge in [-0.15, -0.1) is 0 Å². The van der Waals surface area contributed by atoms with E-state index in [1.54, 1.807) is 0 Å². The lowest BCUT2D eigenvalue weighted by Crippen LogP contribution is -2.23. The Kier molecular flexibility index (Phi) is 4.77. The van der Waals surface area contributed by atoms with Crippen LogP contribution in [0.4, 0.5) is 18.0 Å². The largest absolute Gasteiger partial charge is 0.448 e. The van der Waals surface area contributed by atoms with Gasteiger partial charge in [-0.3, -0.25) is 0 Å². The number of halogens is 3. The molecule has 0 aliphatic carbocycles. The fourth-order valence-corrected chi connectivity index (χ4v) is 1.15. The van der Waals surface area contributed by atoms with E-state index in [0.717, 1.165) is 6.07 Å². The highest BCUT2D eigenvalue weighted by Crippen LogP contribution is 2.13. The molecule has 4 nitrogen and oxygen atoms in total. The highest BCUT2D eigenvalue weighted by atomic mass is 19.2. The zero-order valence-electron chi connectivity index (χ0n) is 8.80. The summed E-state index contributed by atoms with van der Waals surface area (Å²) in [5, 5.41) is 2.68. The first-order valence-corrected chi connectivity index (χ1v) is 4.77. The lowest BCUT2D eigenvalue weighted by atomic mass is 10.2. The quantitative estimate of drug-likeness (QED) is 0.609. The molecule has 0 fully saturated rings. The fraction of sp³-hybridized carbons (Fsp3) is 0.300. The molecular weight excluding hydrogens is 237 g/mol. The lowest BCUT2D eigenvalue weighted by Gasteiger charge is -2.06. The second-order valence-electron chi connectivity index (χ2n) is 3.20. The molecule has 17 heavy (non-hydrogen) atoms. The molecule has 0 saturated heterocycles. The van der Waals surface area contributed by atoms with Crippen LogP contribution in [0.1, 0.15) is 5.56 Å². The summed E-state index contributed by atoms with van der Waals surface area (Å²) in [6.07, 6.45) is -0.911. The molecule has 0 spiro atoms. The number of primary amides is 1. The number of nitrogens with two attached hydrogens (primary N) is 1. The first-order chi connectivity index (χ1) is 8.00. The molecule has 1 rings (SSSR count). The summed E-state index contributed by atoms with van der Waals surface area (Å²) in [4.78, 5) is 10.2. The van der Waals surface area contributed by atoms with Gasteiger partial charge in [-0.25, -0.2) is 18.0 Å². The van der Waals surface area contributed by atoms with E-state index in [4.69, 9.17) is 5.73 Å². The predicted octanol–water partition coefficient (Wildman–Crippen LogP) is 1.29. The summed E-state index contributed by atoms with van der Waals surface area (Å²) in [6, 6.07) is 1.25. The average Bonchev–Trinajstić information content (AvgIpc) is 2.24. The molecule has 0 aliphatic heterocycles. The van der Waals surface area contributed by atoms with Gasteiger partial charge in [0.15, 0.2) is 11.6 Å². The Balaban J connectivity index is 2.41. The van der Waals surface area contributed by atoms with Gasteiger partial charge >= 0.3 is 6.09 Å². The van der Waals surface area contributed by atoms with E-state index in [1.165, 1.54) is 0 Å². The molecule has 0 atom stereocenters. The zero-order chi connectivity index (χ0) is 12.8. The van der Waals surface area contributed by atoms with Crippen molar-refractivity contribution >= 4 is 6.09 Å². The average molecular weight is 248 g/mol. The summed E-state index contributed by atoms with van der Waals surface area (Å²) in [5.74, 6) is -3.19. The standard InChI is InChI=1S/C10H11F3N2O2/c11-7-4-9(13)8(12)3-6(7)5-15-1-2-17-10(14)16/h3-4,15H,1-2,5H2,(H2,14,16). The monoisotopic (exact) mass is 248 g/mol. The summed E-state index contributed by atoms with van der Waals surface area (Å²) in [6.45, 7) is 0.229. The maximum atomic E-state index is 13.1. The number of benzene rings is 1. The molecule has 1 aromatic carbocycles. The number of carbonyl (C=O) groups is 1. The van der Waals surface area contributed by atoms with Crippen LogP contribution in [-0.4, -0.2) is 19.2 Å². The third kappa shape index (κ3) is 4.31. The number of nitrogens with one attached hydrogen (secondary N) is 1. The van der Waals surface area contributed by atoms with Crippen LogP contribution in [0.3, 0.4) is 0 Å². The highest BCUT2D eigenvalue weighted by Gasteiger charge is 2.09. The van der Waals surface area contributed by atoms with Crippen LogP contribution in [-0.2, 0) is 11.3 Å². The van der Waals surface area contributed by atoms with E-state index in [-0.39, 0.29) is 25.3 Å². The van der Waals surface area contributed by atoms with Crippen molar-refractivity contribution in [1.29, 1.82) is 0 Å². The summed E-state index contributed by atoms with van der Waals surface area (Å²) >= 11 is 0.